The molecule has 0 aromatic rings. The molecule has 100 valence electrons. The number of allylic oxidation sites excluding steroid dienone is 2. The van der Waals surface area contributed by atoms with Crippen LogP contribution in [0.25, 0.3) is 0 Å². The van der Waals surface area contributed by atoms with Gasteiger partial charge in [0.15, 0.2) is 0 Å². The highest BCUT2D eigenvalue weighted by Crippen LogP contribution is 2.35. The second kappa shape index (κ2) is 9.15. The van der Waals surface area contributed by atoms with Crippen LogP contribution in [0.2, 0.25) is 0 Å². The molecule has 1 aliphatic carbocycles. The highest BCUT2D eigenvalue weighted by Gasteiger charge is 2.31. The average molecular weight is 561 g/mol. The monoisotopic (exact) mass is 556 g/mol. The first-order chi connectivity index (χ1) is 8.04. The van der Waals surface area contributed by atoms with Crippen molar-refractivity contribution >= 4 is 79.6 Å². The Balaban J connectivity index is 2.70. The largest absolute Gasteiger partial charge is 0.0878 e. The van der Waals surface area contributed by atoms with E-state index in [1.807, 2.05) is 0 Å². The van der Waals surface area contributed by atoms with Crippen molar-refractivity contribution in [3.63, 3.8) is 0 Å². The van der Waals surface area contributed by atoms with E-state index in [0.717, 1.165) is 0 Å². The van der Waals surface area contributed by atoms with E-state index in [4.69, 9.17) is 0 Å². The summed E-state index contributed by atoms with van der Waals surface area (Å²) in [5, 5.41) is 0. The van der Waals surface area contributed by atoms with Crippen molar-refractivity contribution in [2.75, 3.05) is 0 Å². The van der Waals surface area contributed by atoms with Crippen LogP contribution in [-0.4, -0.2) is 24.1 Å². The molecular weight excluding hydrogens is 544 g/mol. The minimum absolute atomic E-state index is 0.367. The highest BCUT2D eigenvalue weighted by atomic mass is 79.9. The molecule has 5 unspecified atom stereocenters. The molecule has 1 aliphatic rings. The summed E-state index contributed by atoms with van der Waals surface area (Å²) in [6, 6.07) is 0. The first-order valence-electron chi connectivity index (χ1n) is 5.91. The molecule has 17 heavy (non-hydrogen) atoms. The molecule has 0 spiro atoms. The third-order valence-corrected chi connectivity index (χ3v) is 11.2. The Morgan fingerprint density at radius 2 is 1.47 bits per heavy atom. The molecule has 0 nitrogen and oxygen atoms in total. The normalized spacial score (nSPS) is 41.6. The van der Waals surface area contributed by atoms with Gasteiger partial charge in [-0.1, -0.05) is 105 Å². The quantitative estimate of drug-likeness (QED) is 0.240. The second-order valence-electron chi connectivity index (χ2n) is 4.36. The van der Waals surface area contributed by atoms with Crippen LogP contribution < -0.4 is 0 Å². The zero-order valence-electron chi connectivity index (χ0n) is 9.47. The van der Waals surface area contributed by atoms with E-state index in [-0.39, 0.29) is 0 Å². The lowest BCUT2D eigenvalue weighted by Crippen LogP contribution is -2.35. The molecule has 0 aromatic carbocycles. The van der Waals surface area contributed by atoms with Gasteiger partial charge in [-0.05, 0) is 19.3 Å². The fourth-order valence-electron chi connectivity index (χ4n) is 1.82. The SMILES string of the molecule is BrC1C=CCCCCCC(Br)C(Br)C(Br)C1Br. The third-order valence-electron chi connectivity index (χ3n) is 2.93. The Morgan fingerprint density at radius 3 is 2.18 bits per heavy atom. The van der Waals surface area contributed by atoms with Gasteiger partial charge in [0.05, 0.1) is 0 Å². The maximum Gasteiger partial charge on any atom is 0.0461 e. The van der Waals surface area contributed by atoms with Crippen molar-refractivity contribution in [1.82, 2.24) is 0 Å². The highest BCUT2D eigenvalue weighted by molar-refractivity contribution is 9.15. The van der Waals surface area contributed by atoms with Crippen LogP contribution in [0.5, 0.6) is 0 Å². The molecule has 1 rings (SSSR count). The van der Waals surface area contributed by atoms with Gasteiger partial charge in [0.25, 0.3) is 0 Å². The Bertz CT molecular complexity index is 243. The molecule has 0 saturated carbocycles. The lowest BCUT2D eigenvalue weighted by molar-refractivity contribution is 0.610. The standard InChI is InChI=1S/C12H17Br5/c13-8-6-4-2-1-3-5-7-9(14)11(16)12(17)10(8)15/h4,6,8-12H,1-3,5,7H2. The summed E-state index contributed by atoms with van der Waals surface area (Å²) < 4.78 is 0. The van der Waals surface area contributed by atoms with Crippen LogP contribution >= 0.6 is 79.6 Å². The summed E-state index contributed by atoms with van der Waals surface area (Å²) in [4.78, 5) is 2.09. The average Bonchev–Trinajstić information content (AvgIpc) is 2.33. The van der Waals surface area contributed by atoms with Crippen LogP contribution in [-0.2, 0) is 0 Å². The number of halogens is 5. The molecule has 0 aromatic heterocycles. The molecule has 0 heterocycles. The minimum Gasteiger partial charge on any atom is -0.0878 e. The molecule has 0 bridgehead atoms. The number of rotatable bonds is 0. The summed E-state index contributed by atoms with van der Waals surface area (Å²) in [5.74, 6) is 0. The van der Waals surface area contributed by atoms with E-state index in [1.165, 1.54) is 32.1 Å². The third kappa shape index (κ3) is 5.97. The van der Waals surface area contributed by atoms with Gasteiger partial charge in [-0.3, -0.25) is 0 Å². The fourth-order valence-corrected chi connectivity index (χ4v) is 6.04. The summed E-state index contributed by atoms with van der Waals surface area (Å²) in [6.07, 6.45) is 10.9. The predicted molar refractivity (Wildman–Crippen MR) is 95.8 cm³/mol. The molecular formula is C12H17Br5. The molecule has 0 fully saturated rings. The van der Waals surface area contributed by atoms with Crippen molar-refractivity contribution in [2.24, 2.45) is 0 Å². The van der Waals surface area contributed by atoms with E-state index in [2.05, 4.69) is 91.8 Å². The Morgan fingerprint density at radius 1 is 0.765 bits per heavy atom. The van der Waals surface area contributed by atoms with Gasteiger partial charge in [-0.25, -0.2) is 0 Å². The van der Waals surface area contributed by atoms with E-state index in [0.29, 0.717) is 24.1 Å². The van der Waals surface area contributed by atoms with Crippen LogP contribution in [0.4, 0.5) is 0 Å². The summed E-state index contributed by atoms with van der Waals surface area (Å²) in [7, 11) is 0. The lowest BCUT2D eigenvalue weighted by Gasteiger charge is -2.28. The number of hydrogen-bond donors (Lipinski definition) is 0. The summed E-state index contributed by atoms with van der Waals surface area (Å²) in [6.45, 7) is 0. The van der Waals surface area contributed by atoms with E-state index in [9.17, 15) is 0 Å². The second-order valence-corrected chi connectivity index (χ2v) is 9.77. The number of alkyl halides is 5. The maximum atomic E-state index is 3.81. The zero-order valence-corrected chi connectivity index (χ0v) is 17.4. The summed E-state index contributed by atoms with van der Waals surface area (Å²) >= 11 is 18.9. The minimum atomic E-state index is 0.367. The Hall–Kier alpha value is 2.14. The van der Waals surface area contributed by atoms with E-state index in [1.54, 1.807) is 0 Å². The molecule has 5 atom stereocenters. The van der Waals surface area contributed by atoms with Gasteiger partial charge in [0.1, 0.15) is 0 Å². The molecule has 0 radical (unpaired) electrons. The van der Waals surface area contributed by atoms with E-state index >= 15 is 0 Å². The van der Waals surface area contributed by atoms with Crippen LogP contribution in [0, 0.1) is 0 Å². The zero-order chi connectivity index (χ0) is 12.8. The van der Waals surface area contributed by atoms with Crippen molar-refractivity contribution < 1.29 is 0 Å². The van der Waals surface area contributed by atoms with Crippen LogP contribution in [0.15, 0.2) is 12.2 Å². The smallest absolute Gasteiger partial charge is 0.0461 e. The van der Waals surface area contributed by atoms with Crippen molar-refractivity contribution in [2.45, 2.75) is 56.2 Å². The molecule has 0 saturated heterocycles. The first kappa shape index (κ1) is 17.2. The number of hydrogen-bond acceptors (Lipinski definition) is 0. The lowest BCUT2D eigenvalue weighted by atomic mass is 10.0. The molecule has 0 aliphatic heterocycles. The Labute approximate surface area is 146 Å². The van der Waals surface area contributed by atoms with Crippen molar-refractivity contribution in [3.05, 3.63) is 12.2 Å². The van der Waals surface area contributed by atoms with Crippen molar-refractivity contribution in [3.8, 4) is 0 Å². The molecule has 0 amide bonds. The Kier molecular flexibility index (Phi) is 9.25. The van der Waals surface area contributed by atoms with Crippen LogP contribution in [0.1, 0.15) is 32.1 Å². The van der Waals surface area contributed by atoms with Gasteiger partial charge in [-0.15, -0.1) is 0 Å². The fraction of sp³-hybridized carbons (Fsp3) is 0.833. The van der Waals surface area contributed by atoms with E-state index < -0.39 is 0 Å². The summed E-state index contributed by atoms with van der Waals surface area (Å²) in [5.41, 5.74) is 0. The first-order valence-corrected chi connectivity index (χ1v) is 10.5. The van der Waals surface area contributed by atoms with Gasteiger partial charge in [0, 0.05) is 24.1 Å². The topological polar surface area (TPSA) is 0 Å². The maximum absolute atomic E-state index is 3.81. The van der Waals surface area contributed by atoms with Crippen LogP contribution in [0.3, 0.4) is 0 Å². The van der Waals surface area contributed by atoms with Gasteiger partial charge in [0.2, 0.25) is 0 Å². The molecule has 5 heteroatoms. The van der Waals surface area contributed by atoms with Gasteiger partial charge >= 0.3 is 0 Å². The van der Waals surface area contributed by atoms with Crippen molar-refractivity contribution in [1.29, 1.82) is 0 Å². The van der Waals surface area contributed by atoms with Gasteiger partial charge in [-0.2, -0.15) is 0 Å². The van der Waals surface area contributed by atoms with Gasteiger partial charge < -0.3 is 0 Å². The molecule has 0 N–H and O–H groups in total. The predicted octanol–water partition coefficient (Wildman–Crippen LogP) is 6.32.